The molecule has 1 atom stereocenters. The highest BCUT2D eigenvalue weighted by Crippen LogP contribution is 2.25. The molecule has 0 spiro atoms. The van der Waals surface area contributed by atoms with Gasteiger partial charge < -0.3 is 10.5 Å². The molecule has 0 aliphatic rings. The van der Waals surface area contributed by atoms with Gasteiger partial charge in [-0.25, -0.2) is 0 Å². The van der Waals surface area contributed by atoms with E-state index in [1.807, 2.05) is 55.5 Å². The van der Waals surface area contributed by atoms with Crippen molar-refractivity contribution in [1.29, 1.82) is 0 Å². The zero-order valence-electron chi connectivity index (χ0n) is 11.2. The zero-order valence-corrected chi connectivity index (χ0v) is 11.9. The van der Waals surface area contributed by atoms with Crippen LogP contribution in [0.25, 0.3) is 0 Å². The fourth-order valence-electron chi connectivity index (χ4n) is 2.11. The van der Waals surface area contributed by atoms with E-state index in [-0.39, 0.29) is 0 Å². The molecule has 3 heteroatoms. The molecule has 2 N–H and O–H groups in total. The molecule has 2 rings (SSSR count). The Labute approximate surface area is 119 Å². The molecule has 2 aromatic rings. The molecule has 0 saturated carbocycles. The lowest BCUT2D eigenvalue weighted by molar-refractivity contribution is 0.414. The van der Waals surface area contributed by atoms with Crippen LogP contribution in [0.1, 0.15) is 18.1 Å². The summed E-state index contributed by atoms with van der Waals surface area (Å²) in [5.41, 5.74) is 8.18. The van der Waals surface area contributed by atoms with Gasteiger partial charge in [-0.05, 0) is 48.7 Å². The Hall–Kier alpha value is -1.51. The normalized spacial score (nSPS) is 13.9. The first-order valence-corrected chi connectivity index (χ1v) is 6.57. The molecule has 0 radical (unpaired) electrons. The van der Waals surface area contributed by atoms with Crippen molar-refractivity contribution in [2.24, 2.45) is 5.73 Å². The maximum Gasteiger partial charge on any atom is 0.118 e. The quantitative estimate of drug-likeness (QED) is 0.922. The molecule has 0 bridgehead atoms. The van der Waals surface area contributed by atoms with Crippen LogP contribution in [-0.2, 0) is 12.0 Å². The van der Waals surface area contributed by atoms with E-state index in [0.717, 1.165) is 17.7 Å². The van der Waals surface area contributed by atoms with E-state index < -0.39 is 5.54 Å². The highest BCUT2D eigenvalue weighted by molar-refractivity contribution is 6.30. The fourth-order valence-corrected chi connectivity index (χ4v) is 2.30. The maximum absolute atomic E-state index is 6.42. The molecule has 0 saturated heterocycles. The Morgan fingerprint density at radius 1 is 1.16 bits per heavy atom. The Balaban J connectivity index is 2.20. The molecule has 1 unspecified atom stereocenters. The Kier molecular flexibility index (Phi) is 4.13. The van der Waals surface area contributed by atoms with Crippen LogP contribution in [0.2, 0.25) is 5.02 Å². The van der Waals surface area contributed by atoms with Gasteiger partial charge in [0.25, 0.3) is 0 Å². The van der Waals surface area contributed by atoms with Crippen LogP contribution in [-0.4, -0.2) is 7.11 Å². The smallest absolute Gasteiger partial charge is 0.118 e. The first kappa shape index (κ1) is 13.9. The topological polar surface area (TPSA) is 35.2 Å². The van der Waals surface area contributed by atoms with Gasteiger partial charge in [-0.15, -0.1) is 0 Å². The van der Waals surface area contributed by atoms with Crippen molar-refractivity contribution < 1.29 is 4.74 Å². The van der Waals surface area contributed by atoms with Gasteiger partial charge in [-0.3, -0.25) is 0 Å². The highest BCUT2D eigenvalue weighted by atomic mass is 35.5. The first-order chi connectivity index (χ1) is 9.01. The minimum Gasteiger partial charge on any atom is -0.497 e. The molecule has 2 nitrogen and oxygen atoms in total. The average Bonchev–Trinajstić information content (AvgIpc) is 2.39. The van der Waals surface area contributed by atoms with Crippen LogP contribution in [0.5, 0.6) is 5.75 Å². The summed E-state index contributed by atoms with van der Waals surface area (Å²) in [5.74, 6) is 0.852. The summed E-state index contributed by atoms with van der Waals surface area (Å²) in [5, 5.41) is 0.712. The lowest BCUT2D eigenvalue weighted by Gasteiger charge is -2.25. The van der Waals surface area contributed by atoms with E-state index in [1.54, 1.807) is 7.11 Å². The van der Waals surface area contributed by atoms with Crippen molar-refractivity contribution in [3.05, 3.63) is 64.7 Å². The summed E-state index contributed by atoms with van der Waals surface area (Å²) < 4.78 is 5.15. The summed E-state index contributed by atoms with van der Waals surface area (Å²) in [6.07, 6.45) is 0.747. The van der Waals surface area contributed by atoms with E-state index in [0.29, 0.717) is 5.02 Å². The lowest BCUT2D eigenvalue weighted by Crippen LogP contribution is -2.35. The number of benzene rings is 2. The lowest BCUT2D eigenvalue weighted by atomic mass is 9.86. The second-order valence-corrected chi connectivity index (χ2v) is 5.39. The standard InChI is InChI=1S/C16H18ClNO/c1-16(18,13-4-3-5-14(17)10-13)11-12-6-8-15(19-2)9-7-12/h3-10H,11,18H2,1-2H3. The first-order valence-electron chi connectivity index (χ1n) is 6.19. The number of nitrogens with two attached hydrogens (primary N) is 1. The van der Waals surface area contributed by atoms with Gasteiger partial charge in [0, 0.05) is 10.6 Å². The monoisotopic (exact) mass is 275 g/mol. The van der Waals surface area contributed by atoms with Gasteiger partial charge in [0.1, 0.15) is 5.75 Å². The third-order valence-electron chi connectivity index (χ3n) is 3.21. The third kappa shape index (κ3) is 3.49. The molecule has 100 valence electrons. The van der Waals surface area contributed by atoms with Gasteiger partial charge in [0.2, 0.25) is 0 Å². The van der Waals surface area contributed by atoms with E-state index in [9.17, 15) is 0 Å². The number of hydrogen-bond donors (Lipinski definition) is 1. The van der Waals surface area contributed by atoms with Crippen LogP contribution in [0, 0.1) is 0 Å². The van der Waals surface area contributed by atoms with Gasteiger partial charge in [0.05, 0.1) is 7.11 Å². The Morgan fingerprint density at radius 3 is 2.42 bits per heavy atom. The molecular formula is C16H18ClNO. The molecule has 0 aliphatic carbocycles. The highest BCUT2D eigenvalue weighted by Gasteiger charge is 2.21. The molecular weight excluding hydrogens is 258 g/mol. The van der Waals surface area contributed by atoms with Crippen molar-refractivity contribution in [2.75, 3.05) is 7.11 Å². The van der Waals surface area contributed by atoms with Crippen LogP contribution in [0.15, 0.2) is 48.5 Å². The number of ether oxygens (including phenoxy) is 1. The summed E-state index contributed by atoms with van der Waals surface area (Å²) in [6, 6.07) is 15.7. The largest absolute Gasteiger partial charge is 0.497 e. The fraction of sp³-hybridized carbons (Fsp3) is 0.250. The molecule has 0 aromatic heterocycles. The average molecular weight is 276 g/mol. The van der Waals surface area contributed by atoms with Crippen LogP contribution in [0.4, 0.5) is 0 Å². The molecule has 0 heterocycles. The molecule has 19 heavy (non-hydrogen) atoms. The number of methoxy groups -OCH3 is 1. The summed E-state index contributed by atoms with van der Waals surface area (Å²) in [7, 11) is 1.66. The van der Waals surface area contributed by atoms with Crippen molar-refractivity contribution in [3.8, 4) is 5.75 Å². The van der Waals surface area contributed by atoms with Crippen LogP contribution < -0.4 is 10.5 Å². The summed E-state index contributed by atoms with van der Waals surface area (Å²) in [6.45, 7) is 2.02. The Morgan fingerprint density at radius 2 is 1.84 bits per heavy atom. The molecule has 2 aromatic carbocycles. The second kappa shape index (κ2) is 5.64. The van der Waals surface area contributed by atoms with Gasteiger partial charge in [0.15, 0.2) is 0 Å². The van der Waals surface area contributed by atoms with Gasteiger partial charge >= 0.3 is 0 Å². The minimum atomic E-state index is -0.445. The Bertz CT molecular complexity index is 549. The second-order valence-electron chi connectivity index (χ2n) is 4.95. The van der Waals surface area contributed by atoms with E-state index in [4.69, 9.17) is 22.1 Å². The molecule has 0 amide bonds. The number of hydrogen-bond acceptors (Lipinski definition) is 2. The van der Waals surface area contributed by atoms with E-state index >= 15 is 0 Å². The van der Waals surface area contributed by atoms with Gasteiger partial charge in [-0.1, -0.05) is 35.9 Å². The van der Waals surface area contributed by atoms with Gasteiger partial charge in [-0.2, -0.15) is 0 Å². The van der Waals surface area contributed by atoms with Crippen molar-refractivity contribution in [1.82, 2.24) is 0 Å². The number of rotatable bonds is 4. The van der Waals surface area contributed by atoms with Crippen molar-refractivity contribution in [2.45, 2.75) is 18.9 Å². The molecule has 0 aliphatic heterocycles. The number of halogens is 1. The SMILES string of the molecule is COc1ccc(CC(C)(N)c2cccc(Cl)c2)cc1. The van der Waals surface area contributed by atoms with Crippen molar-refractivity contribution >= 4 is 11.6 Å². The third-order valence-corrected chi connectivity index (χ3v) is 3.45. The summed E-state index contributed by atoms with van der Waals surface area (Å²) >= 11 is 6.02. The minimum absolute atomic E-state index is 0.445. The molecule has 0 fully saturated rings. The zero-order chi connectivity index (χ0) is 13.9. The van der Waals surface area contributed by atoms with E-state index in [2.05, 4.69) is 0 Å². The predicted molar refractivity (Wildman–Crippen MR) is 79.7 cm³/mol. The van der Waals surface area contributed by atoms with Crippen LogP contribution >= 0.6 is 11.6 Å². The predicted octanol–water partition coefficient (Wildman–Crippen LogP) is 3.77. The van der Waals surface area contributed by atoms with Crippen LogP contribution in [0.3, 0.4) is 0 Å². The van der Waals surface area contributed by atoms with Crippen molar-refractivity contribution in [3.63, 3.8) is 0 Å². The maximum atomic E-state index is 6.42. The van der Waals surface area contributed by atoms with E-state index in [1.165, 1.54) is 5.56 Å². The summed E-state index contributed by atoms with van der Waals surface area (Å²) in [4.78, 5) is 0.